The van der Waals surface area contributed by atoms with Gasteiger partial charge in [-0.05, 0) is 30.3 Å². The van der Waals surface area contributed by atoms with Crippen molar-refractivity contribution < 1.29 is 19.1 Å². The maximum atomic E-state index is 11.9. The summed E-state index contributed by atoms with van der Waals surface area (Å²) in [7, 11) is 0. The number of carbonyl (C=O) groups excluding carboxylic acids is 1. The summed E-state index contributed by atoms with van der Waals surface area (Å²) >= 11 is 0. The largest absolute Gasteiger partial charge is 0.478 e. The fourth-order valence-corrected chi connectivity index (χ4v) is 1.88. The van der Waals surface area contributed by atoms with Gasteiger partial charge in [-0.3, -0.25) is 4.79 Å². The van der Waals surface area contributed by atoms with E-state index in [1.54, 1.807) is 24.4 Å². The molecule has 22 heavy (non-hydrogen) atoms. The number of carbonyl (C=O) groups is 2. The smallest absolute Gasteiger partial charge is 0.335 e. The molecule has 0 radical (unpaired) electrons. The molecular weight excluding hydrogens is 286 g/mol. The molecule has 0 saturated carbocycles. The molecule has 110 valence electrons. The third-order valence-corrected chi connectivity index (χ3v) is 3.00. The SMILES string of the molecule is O=C(O)c1ccc(-n2cc(NC(=O)c3ccoc3)cn2)cc1. The van der Waals surface area contributed by atoms with Crippen molar-refractivity contribution in [3.63, 3.8) is 0 Å². The first kappa shape index (κ1) is 13.6. The molecular formula is C15H11N3O4. The Kier molecular flexibility index (Phi) is 3.45. The average Bonchev–Trinajstić information content (AvgIpc) is 3.19. The second-order valence-electron chi connectivity index (χ2n) is 4.49. The first-order valence-corrected chi connectivity index (χ1v) is 6.35. The summed E-state index contributed by atoms with van der Waals surface area (Å²) in [6, 6.07) is 7.81. The first-order valence-electron chi connectivity index (χ1n) is 6.35. The molecule has 0 atom stereocenters. The minimum absolute atomic E-state index is 0.199. The Labute approximate surface area is 124 Å². The number of hydrogen-bond donors (Lipinski definition) is 2. The van der Waals surface area contributed by atoms with E-state index >= 15 is 0 Å². The van der Waals surface area contributed by atoms with Gasteiger partial charge >= 0.3 is 5.97 Å². The molecule has 2 heterocycles. The molecule has 1 aromatic carbocycles. The molecule has 0 unspecified atom stereocenters. The van der Waals surface area contributed by atoms with Crippen LogP contribution < -0.4 is 5.32 Å². The van der Waals surface area contributed by atoms with Gasteiger partial charge in [0.15, 0.2) is 0 Å². The van der Waals surface area contributed by atoms with E-state index < -0.39 is 5.97 Å². The van der Waals surface area contributed by atoms with Gasteiger partial charge in [-0.15, -0.1) is 0 Å². The number of rotatable bonds is 4. The Bertz CT molecular complexity index is 804. The number of nitrogens with zero attached hydrogens (tertiary/aromatic N) is 2. The number of carboxylic acids is 1. The molecule has 1 amide bonds. The summed E-state index contributed by atoms with van der Waals surface area (Å²) in [5.74, 6) is -1.28. The van der Waals surface area contributed by atoms with Gasteiger partial charge in [0, 0.05) is 0 Å². The van der Waals surface area contributed by atoms with Crippen LogP contribution in [0.4, 0.5) is 5.69 Å². The van der Waals surface area contributed by atoms with E-state index in [1.165, 1.54) is 35.5 Å². The van der Waals surface area contributed by atoms with Crippen molar-refractivity contribution in [3.8, 4) is 5.69 Å². The van der Waals surface area contributed by atoms with Crippen LogP contribution in [0.2, 0.25) is 0 Å². The summed E-state index contributed by atoms with van der Waals surface area (Å²) in [5.41, 5.74) is 1.82. The predicted molar refractivity (Wildman–Crippen MR) is 77.2 cm³/mol. The van der Waals surface area contributed by atoms with Gasteiger partial charge in [-0.25, -0.2) is 9.48 Å². The van der Waals surface area contributed by atoms with Crippen molar-refractivity contribution in [3.05, 3.63) is 66.4 Å². The number of aromatic carboxylic acids is 1. The van der Waals surface area contributed by atoms with Crippen molar-refractivity contribution in [1.29, 1.82) is 0 Å². The zero-order valence-corrected chi connectivity index (χ0v) is 11.3. The number of aromatic nitrogens is 2. The van der Waals surface area contributed by atoms with Crippen LogP contribution in [-0.4, -0.2) is 26.8 Å². The first-order chi connectivity index (χ1) is 10.6. The Balaban J connectivity index is 1.76. The second kappa shape index (κ2) is 5.57. The Hall–Kier alpha value is -3.35. The highest BCUT2D eigenvalue weighted by Gasteiger charge is 2.09. The van der Waals surface area contributed by atoms with Gasteiger partial charge in [0.1, 0.15) is 6.26 Å². The van der Waals surface area contributed by atoms with Crippen LogP contribution in [0.1, 0.15) is 20.7 Å². The van der Waals surface area contributed by atoms with E-state index in [-0.39, 0.29) is 11.5 Å². The molecule has 0 aliphatic heterocycles. The van der Waals surface area contributed by atoms with Gasteiger partial charge in [-0.1, -0.05) is 0 Å². The van der Waals surface area contributed by atoms with Crippen LogP contribution in [0, 0.1) is 0 Å². The minimum atomic E-state index is -0.986. The number of carboxylic acid groups (broad SMARTS) is 1. The molecule has 0 fully saturated rings. The number of amides is 1. The quantitative estimate of drug-likeness (QED) is 0.770. The molecule has 3 aromatic rings. The molecule has 0 saturated heterocycles. The normalized spacial score (nSPS) is 10.4. The van der Waals surface area contributed by atoms with E-state index in [9.17, 15) is 9.59 Å². The lowest BCUT2D eigenvalue weighted by Gasteiger charge is -2.02. The highest BCUT2D eigenvalue weighted by Crippen LogP contribution is 2.14. The number of benzene rings is 1. The van der Waals surface area contributed by atoms with Crippen molar-refractivity contribution in [1.82, 2.24) is 9.78 Å². The van der Waals surface area contributed by atoms with Crippen LogP contribution in [0.5, 0.6) is 0 Å². The second-order valence-corrected chi connectivity index (χ2v) is 4.49. The Morgan fingerprint density at radius 3 is 2.55 bits per heavy atom. The number of anilines is 1. The topological polar surface area (TPSA) is 97.4 Å². The standard InChI is InChI=1S/C15H11N3O4/c19-14(11-5-6-22-9-11)17-12-7-16-18(8-12)13-3-1-10(2-4-13)15(20)21/h1-9H,(H,17,19)(H,20,21). The molecule has 0 aliphatic rings. The fourth-order valence-electron chi connectivity index (χ4n) is 1.88. The van der Waals surface area contributed by atoms with Crippen LogP contribution in [-0.2, 0) is 0 Å². The van der Waals surface area contributed by atoms with Crippen LogP contribution in [0.25, 0.3) is 5.69 Å². The molecule has 7 heteroatoms. The molecule has 3 rings (SSSR count). The predicted octanol–water partition coefficient (Wildman–Crippen LogP) is 2.42. The summed E-state index contributed by atoms with van der Waals surface area (Å²) < 4.78 is 6.39. The molecule has 0 bridgehead atoms. The molecule has 2 N–H and O–H groups in total. The lowest BCUT2D eigenvalue weighted by molar-refractivity contribution is 0.0696. The van der Waals surface area contributed by atoms with Crippen molar-refractivity contribution in [2.75, 3.05) is 5.32 Å². The number of furan rings is 1. The van der Waals surface area contributed by atoms with E-state index in [0.717, 1.165) is 0 Å². The molecule has 7 nitrogen and oxygen atoms in total. The van der Waals surface area contributed by atoms with E-state index in [2.05, 4.69) is 10.4 Å². The van der Waals surface area contributed by atoms with E-state index in [0.29, 0.717) is 16.9 Å². The molecule has 0 spiro atoms. The Morgan fingerprint density at radius 1 is 1.14 bits per heavy atom. The van der Waals surface area contributed by atoms with Gasteiger partial charge in [0.2, 0.25) is 0 Å². The van der Waals surface area contributed by atoms with E-state index in [1.807, 2.05) is 0 Å². The van der Waals surface area contributed by atoms with Crippen molar-refractivity contribution >= 4 is 17.6 Å². The lowest BCUT2D eigenvalue weighted by atomic mass is 10.2. The lowest BCUT2D eigenvalue weighted by Crippen LogP contribution is -2.10. The zero-order chi connectivity index (χ0) is 15.5. The zero-order valence-electron chi connectivity index (χ0n) is 11.3. The molecule has 0 aliphatic carbocycles. The van der Waals surface area contributed by atoms with Gasteiger partial charge < -0.3 is 14.8 Å². The number of nitrogens with one attached hydrogen (secondary N) is 1. The third kappa shape index (κ3) is 2.73. The fraction of sp³-hybridized carbons (Fsp3) is 0. The maximum absolute atomic E-state index is 11.9. The van der Waals surface area contributed by atoms with Crippen LogP contribution >= 0.6 is 0 Å². The van der Waals surface area contributed by atoms with Gasteiger partial charge in [0.05, 0.1) is 41.2 Å². The van der Waals surface area contributed by atoms with E-state index in [4.69, 9.17) is 9.52 Å². The number of hydrogen-bond acceptors (Lipinski definition) is 4. The highest BCUT2D eigenvalue weighted by atomic mass is 16.4. The summed E-state index contributed by atoms with van der Waals surface area (Å²) in [6.45, 7) is 0. The average molecular weight is 297 g/mol. The summed E-state index contributed by atoms with van der Waals surface area (Å²) in [4.78, 5) is 22.7. The van der Waals surface area contributed by atoms with Crippen LogP contribution in [0.3, 0.4) is 0 Å². The van der Waals surface area contributed by atoms with Crippen molar-refractivity contribution in [2.24, 2.45) is 0 Å². The summed E-state index contributed by atoms with van der Waals surface area (Å²) in [5, 5.41) is 15.7. The minimum Gasteiger partial charge on any atom is -0.478 e. The molecule has 2 aromatic heterocycles. The summed E-state index contributed by atoms with van der Waals surface area (Å²) in [6.07, 6.45) is 5.91. The van der Waals surface area contributed by atoms with Crippen LogP contribution in [0.15, 0.2) is 59.7 Å². The van der Waals surface area contributed by atoms with Gasteiger partial charge in [-0.2, -0.15) is 5.10 Å². The van der Waals surface area contributed by atoms with Crippen molar-refractivity contribution in [2.45, 2.75) is 0 Å². The highest BCUT2D eigenvalue weighted by molar-refractivity contribution is 6.03. The monoisotopic (exact) mass is 297 g/mol. The maximum Gasteiger partial charge on any atom is 0.335 e. The third-order valence-electron chi connectivity index (χ3n) is 3.00. The van der Waals surface area contributed by atoms with Gasteiger partial charge in [0.25, 0.3) is 5.91 Å². The Morgan fingerprint density at radius 2 is 1.91 bits per heavy atom.